The highest BCUT2D eigenvalue weighted by atomic mass is 32.1. The smallest absolute Gasteiger partial charge is 0.294 e. The van der Waals surface area contributed by atoms with Gasteiger partial charge in [-0.25, -0.2) is 15.4 Å². The lowest BCUT2D eigenvalue weighted by molar-refractivity contribution is 0.0699. The maximum absolute atomic E-state index is 12.3. The zero-order chi connectivity index (χ0) is 15.0. The van der Waals surface area contributed by atoms with Crippen LogP contribution in [0.1, 0.15) is 31.8 Å². The molecule has 110 valence electrons. The summed E-state index contributed by atoms with van der Waals surface area (Å²) in [5.74, 6) is -0.188. The van der Waals surface area contributed by atoms with Crippen LogP contribution in [0.5, 0.6) is 0 Å². The number of hydrogen-bond acceptors (Lipinski definition) is 6. The normalized spacial score (nSPS) is 13.9. The summed E-state index contributed by atoms with van der Waals surface area (Å²) in [6.07, 6.45) is 1.57. The first-order valence-corrected chi connectivity index (χ1v) is 7.18. The van der Waals surface area contributed by atoms with Gasteiger partial charge >= 0.3 is 0 Å². The molecule has 2 amide bonds. The van der Waals surface area contributed by atoms with Crippen molar-refractivity contribution in [3.05, 3.63) is 33.8 Å². The van der Waals surface area contributed by atoms with Crippen LogP contribution in [0.4, 0.5) is 0 Å². The second-order valence-electron chi connectivity index (χ2n) is 4.66. The van der Waals surface area contributed by atoms with E-state index in [9.17, 15) is 9.59 Å². The largest absolute Gasteiger partial charge is 0.331 e. The van der Waals surface area contributed by atoms with Gasteiger partial charge in [0.1, 0.15) is 17.2 Å². The number of aromatic nitrogens is 3. The molecular weight excluding hydrogens is 294 g/mol. The number of nitrogens with one attached hydrogen (secondary N) is 1. The molecule has 3 heterocycles. The average Bonchev–Trinajstić information content (AvgIpc) is 3.10. The quantitative estimate of drug-likeness (QED) is 0.619. The Morgan fingerprint density at radius 3 is 2.81 bits per heavy atom. The van der Waals surface area contributed by atoms with E-state index in [2.05, 4.69) is 9.97 Å². The van der Waals surface area contributed by atoms with Crippen molar-refractivity contribution >= 4 is 23.2 Å². The number of imidazole rings is 1. The van der Waals surface area contributed by atoms with Crippen LogP contribution in [0.2, 0.25) is 0 Å². The first kappa shape index (κ1) is 13.7. The highest BCUT2D eigenvalue weighted by Gasteiger charge is 2.25. The molecule has 0 aromatic carbocycles. The molecule has 1 aliphatic heterocycles. The van der Waals surface area contributed by atoms with E-state index in [-0.39, 0.29) is 11.6 Å². The summed E-state index contributed by atoms with van der Waals surface area (Å²) in [6.45, 7) is 3.24. The van der Waals surface area contributed by atoms with Crippen LogP contribution >= 0.6 is 11.3 Å². The third-order valence-corrected chi connectivity index (χ3v) is 4.04. The molecule has 2 aromatic heterocycles. The van der Waals surface area contributed by atoms with Gasteiger partial charge in [-0.3, -0.25) is 14.8 Å². The molecule has 0 atom stereocenters. The first-order chi connectivity index (χ1) is 10.1. The van der Waals surface area contributed by atoms with Gasteiger partial charge in [0.25, 0.3) is 11.8 Å². The second-order valence-corrected chi connectivity index (χ2v) is 5.72. The van der Waals surface area contributed by atoms with Crippen LogP contribution in [0.15, 0.2) is 11.6 Å². The fourth-order valence-corrected chi connectivity index (χ4v) is 2.80. The number of hydrogen-bond donors (Lipinski definition) is 2. The Balaban J connectivity index is 1.79. The number of nitrogens with zero attached hydrogens (tertiary/aromatic N) is 4. The zero-order valence-corrected chi connectivity index (χ0v) is 12.1. The van der Waals surface area contributed by atoms with E-state index in [0.29, 0.717) is 31.2 Å². The average molecular weight is 307 g/mol. The number of carbonyl (C=O) groups excluding carboxylic acids is 2. The van der Waals surface area contributed by atoms with E-state index in [4.69, 9.17) is 5.21 Å². The summed E-state index contributed by atoms with van der Waals surface area (Å²) in [6, 6.07) is 0. The predicted molar refractivity (Wildman–Crippen MR) is 73.1 cm³/mol. The Kier molecular flexibility index (Phi) is 3.43. The summed E-state index contributed by atoms with van der Waals surface area (Å²) < 4.78 is 1.81. The molecule has 9 heteroatoms. The van der Waals surface area contributed by atoms with Crippen molar-refractivity contribution < 1.29 is 14.8 Å². The first-order valence-electron chi connectivity index (χ1n) is 6.30. The van der Waals surface area contributed by atoms with Crippen molar-refractivity contribution in [1.29, 1.82) is 0 Å². The lowest BCUT2D eigenvalue weighted by Crippen LogP contribution is -2.38. The Labute approximate surface area is 124 Å². The van der Waals surface area contributed by atoms with Crippen LogP contribution in [0.3, 0.4) is 0 Å². The van der Waals surface area contributed by atoms with E-state index in [1.165, 1.54) is 11.3 Å². The van der Waals surface area contributed by atoms with Gasteiger partial charge in [0.2, 0.25) is 0 Å². The van der Waals surface area contributed by atoms with Gasteiger partial charge in [-0.15, -0.1) is 11.3 Å². The van der Waals surface area contributed by atoms with Crippen LogP contribution in [0.25, 0.3) is 0 Å². The lowest BCUT2D eigenvalue weighted by Gasteiger charge is -2.26. The van der Waals surface area contributed by atoms with Crippen molar-refractivity contribution in [3.8, 4) is 0 Å². The Hall–Kier alpha value is -2.26. The molecule has 0 radical (unpaired) electrons. The predicted octanol–water partition coefficient (Wildman–Crippen LogP) is 0.423. The van der Waals surface area contributed by atoms with E-state index in [1.54, 1.807) is 26.5 Å². The van der Waals surface area contributed by atoms with Gasteiger partial charge in [0.15, 0.2) is 0 Å². The SMILES string of the molecule is Cc1nc(C(=O)N2CCn3cc(C(=O)NO)nc3C2)cs1. The number of fused-ring (bicyclic) bond motifs is 1. The fraction of sp³-hybridized carbons (Fsp3) is 0.333. The minimum absolute atomic E-state index is 0.131. The lowest BCUT2D eigenvalue weighted by atomic mass is 10.3. The van der Waals surface area contributed by atoms with E-state index < -0.39 is 5.91 Å². The summed E-state index contributed by atoms with van der Waals surface area (Å²) in [4.78, 5) is 33.7. The van der Waals surface area contributed by atoms with Gasteiger partial charge in [-0.2, -0.15) is 0 Å². The topological polar surface area (TPSA) is 100 Å². The molecule has 8 nitrogen and oxygen atoms in total. The van der Waals surface area contributed by atoms with Crippen LogP contribution < -0.4 is 5.48 Å². The summed E-state index contributed by atoms with van der Waals surface area (Å²) in [5, 5.41) is 11.2. The molecule has 21 heavy (non-hydrogen) atoms. The van der Waals surface area contributed by atoms with Gasteiger partial charge in [0.05, 0.1) is 11.6 Å². The second kappa shape index (κ2) is 5.26. The molecule has 2 aromatic rings. The van der Waals surface area contributed by atoms with Crippen molar-refractivity contribution in [1.82, 2.24) is 24.9 Å². The maximum atomic E-state index is 12.3. The number of rotatable bonds is 2. The summed E-state index contributed by atoms with van der Waals surface area (Å²) >= 11 is 1.43. The minimum Gasteiger partial charge on any atom is -0.331 e. The fourth-order valence-electron chi connectivity index (χ4n) is 2.22. The monoisotopic (exact) mass is 307 g/mol. The van der Waals surface area contributed by atoms with Crippen molar-refractivity contribution in [2.75, 3.05) is 6.54 Å². The van der Waals surface area contributed by atoms with E-state index in [1.807, 2.05) is 6.92 Å². The highest BCUT2D eigenvalue weighted by Crippen LogP contribution is 2.17. The van der Waals surface area contributed by atoms with Crippen molar-refractivity contribution in [3.63, 3.8) is 0 Å². The highest BCUT2D eigenvalue weighted by molar-refractivity contribution is 7.09. The third kappa shape index (κ3) is 2.52. The number of carbonyl (C=O) groups is 2. The molecule has 0 saturated heterocycles. The van der Waals surface area contributed by atoms with Crippen LogP contribution in [-0.4, -0.2) is 43.0 Å². The maximum Gasteiger partial charge on any atom is 0.294 e. The van der Waals surface area contributed by atoms with Gasteiger partial charge in [-0.1, -0.05) is 0 Å². The third-order valence-electron chi connectivity index (χ3n) is 3.26. The van der Waals surface area contributed by atoms with Crippen molar-refractivity contribution in [2.24, 2.45) is 0 Å². The standard InChI is InChI=1S/C12H13N5O3S/c1-7-13-9(6-21-7)12(19)17-3-2-16-4-8(11(18)15-20)14-10(16)5-17/h4,6,20H,2-3,5H2,1H3,(H,15,18). The van der Waals surface area contributed by atoms with Crippen molar-refractivity contribution in [2.45, 2.75) is 20.0 Å². The molecule has 0 unspecified atom stereocenters. The molecule has 0 saturated carbocycles. The number of aryl methyl sites for hydroxylation is 1. The Morgan fingerprint density at radius 1 is 1.33 bits per heavy atom. The number of amides is 2. The number of thiazole rings is 1. The summed E-state index contributed by atoms with van der Waals surface area (Å²) in [7, 11) is 0. The molecule has 3 rings (SSSR count). The Bertz CT molecular complexity index is 708. The van der Waals surface area contributed by atoms with Gasteiger partial charge < -0.3 is 9.47 Å². The van der Waals surface area contributed by atoms with Crippen LogP contribution in [-0.2, 0) is 13.1 Å². The molecule has 0 spiro atoms. The molecule has 1 aliphatic rings. The van der Waals surface area contributed by atoms with E-state index in [0.717, 1.165) is 5.01 Å². The molecular formula is C12H13N5O3S. The zero-order valence-electron chi connectivity index (χ0n) is 11.2. The van der Waals surface area contributed by atoms with E-state index >= 15 is 0 Å². The summed E-state index contributed by atoms with van der Waals surface area (Å²) in [5.41, 5.74) is 2.12. The Morgan fingerprint density at radius 2 is 2.14 bits per heavy atom. The number of hydroxylamine groups is 1. The molecule has 0 aliphatic carbocycles. The molecule has 0 bridgehead atoms. The van der Waals surface area contributed by atoms with Crippen LogP contribution in [0, 0.1) is 6.92 Å². The van der Waals surface area contributed by atoms with Gasteiger partial charge in [-0.05, 0) is 6.92 Å². The van der Waals surface area contributed by atoms with Gasteiger partial charge in [0, 0.05) is 24.7 Å². The molecule has 2 N–H and O–H groups in total. The minimum atomic E-state index is -0.662. The molecule has 0 fully saturated rings.